The predicted octanol–water partition coefficient (Wildman–Crippen LogP) is 5.81. The number of thiophene rings is 1. The van der Waals surface area contributed by atoms with Crippen LogP contribution in [0.5, 0.6) is 17.2 Å². The third-order valence-electron chi connectivity index (χ3n) is 5.07. The van der Waals surface area contributed by atoms with E-state index in [-0.39, 0.29) is 0 Å². The molecule has 0 aliphatic heterocycles. The van der Waals surface area contributed by atoms with Gasteiger partial charge in [-0.05, 0) is 47.8 Å². The van der Waals surface area contributed by atoms with Gasteiger partial charge in [0.25, 0.3) is 0 Å². The van der Waals surface area contributed by atoms with Gasteiger partial charge in [-0.3, -0.25) is 0 Å². The first kappa shape index (κ1) is 21.2. The van der Waals surface area contributed by atoms with Gasteiger partial charge in [-0.1, -0.05) is 0 Å². The Balaban J connectivity index is 1.64. The van der Waals surface area contributed by atoms with Gasteiger partial charge in [-0.25, -0.2) is 14.6 Å². The van der Waals surface area contributed by atoms with E-state index in [0.29, 0.717) is 23.1 Å². The van der Waals surface area contributed by atoms with Crippen molar-refractivity contribution in [2.24, 2.45) is 0 Å². The van der Waals surface area contributed by atoms with Gasteiger partial charge in [-0.15, -0.1) is 16.4 Å². The maximum Gasteiger partial charge on any atom is 0.183 e. The number of rotatable bonds is 7. The standard InChI is InChI=1S/C24H20N4O3S2/c1-29-18-7-4-15(5-8-18)22-26-23(19-14-33-24(25-19)16-10-11-32-13-16)28(27-22)17-6-9-20(30-2)21(12-17)31-3/h4-14H,1-3H3. The van der Waals surface area contributed by atoms with Gasteiger partial charge < -0.3 is 14.2 Å². The molecule has 166 valence electrons. The zero-order valence-electron chi connectivity index (χ0n) is 18.2. The zero-order chi connectivity index (χ0) is 22.8. The molecule has 3 heterocycles. The SMILES string of the molecule is COc1ccc(-c2nc(-c3csc(-c4ccsc4)n3)n(-c3ccc(OC)c(OC)c3)n2)cc1. The van der Waals surface area contributed by atoms with Gasteiger partial charge in [0.05, 0.1) is 27.0 Å². The van der Waals surface area contributed by atoms with Gasteiger partial charge in [0, 0.05) is 28.0 Å². The molecule has 33 heavy (non-hydrogen) atoms. The normalized spacial score (nSPS) is 10.9. The van der Waals surface area contributed by atoms with Crippen LogP contribution >= 0.6 is 22.7 Å². The van der Waals surface area contributed by atoms with Crippen molar-refractivity contribution in [1.82, 2.24) is 19.7 Å². The van der Waals surface area contributed by atoms with Crippen molar-refractivity contribution in [3.63, 3.8) is 0 Å². The molecule has 0 saturated heterocycles. The molecule has 5 rings (SSSR count). The Labute approximate surface area is 198 Å². The summed E-state index contributed by atoms with van der Waals surface area (Å²) in [7, 11) is 4.87. The van der Waals surface area contributed by atoms with E-state index < -0.39 is 0 Å². The van der Waals surface area contributed by atoms with Crippen molar-refractivity contribution < 1.29 is 14.2 Å². The van der Waals surface area contributed by atoms with Crippen molar-refractivity contribution in [1.29, 1.82) is 0 Å². The van der Waals surface area contributed by atoms with Gasteiger partial charge in [0.1, 0.15) is 16.5 Å². The van der Waals surface area contributed by atoms with Crippen molar-refractivity contribution in [2.45, 2.75) is 0 Å². The molecule has 0 unspecified atom stereocenters. The largest absolute Gasteiger partial charge is 0.497 e. The fraction of sp³-hybridized carbons (Fsp3) is 0.125. The van der Waals surface area contributed by atoms with Crippen molar-refractivity contribution in [2.75, 3.05) is 21.3 Å². The van der Waals surface area contributed by atoms with E-state index in [1.807, 2.05) is 53.2 Å². The molecule has 0 fully saturated rings. The van der Waals surface area contributed by atoms with E-state index in [1.54, 1.807) is 48.7 Å². The summed E-state index contributed by atoms with van der Waals surface area (Å²) in [6.07, 6.45) is 0. The summed E-state index contributed by atoms with van der Waals surface area (Å²) in [4.78, 5) is 9.71. The first-order chi connectivity index (χ1) is 16.2. The molecule has 0 spiro atoms. The Kier molecular flexibility index (Phi) is 5.80. The number of aromatic nitrogens is 4. The van der Waals surface area contributed by atoms with E-state index in [9.17, 15) is 0 Å². The minimum Gasteiger partial charge on any atom is -0.497 e. The Bertz CT molecular complexity index is 1380. The molecule has 0 aliphatic carbocycles. The third-order valence-corrected chi connectivity index (χ3v) is 6.64. The molecule has 7 nitrogen and oxygen atoms in total. The van der Waals surface area contributed by atoms with E-state index >= 15 is 0 Å². The molecule has 9 heteroatoms. The number of hydrogen-bond acceptors (Lipinski definition) is 8. The number of benzene rings is 2. The third kappa shape index (κ3) is 4.08. The first-order valence-corrected chi connectivity index (χ1v) is 11.8. The highest BCUT2D eigenvalue weighted by atomic mass is 32.1. The van der Waals surface area contributed by atoms with Crippen molar-refractivity contribution in [3.8, 4) is 56.4 Å². The van der Waals surface area contributed by atoms with Gasteiger partial charge in [0.15, 0.2) is 23.1 Å². The van der Waals surface area contributed by atoms with Crippen LogP contribution in [0.4, 0.5) is 0 Å². The Morgan fingerprint density at radius 1 is 0.788 bits per heavy atom. The maximum absolute atomic E-state index is 5.50. The molecule has 0 atom stereocenters. The highest BCUT2D eigenvalue weighted by molar-refractivity contribution is 7.14. The summed E-state index contributed by atoms with van der Waals surface area (Å²) >= 11 is 3.23. The molecule has 0 radical (unpaired) electrons. The molecule has 0 saturated carbocycles. The highest BCUT2D eigenvalue weighted by Gasteiger charge is 2.19. The van der Waals surface area contributed by atoms with Crippen LogP contribution in [0.2, 0.25) is 0 Å². The summed E-state index contributed by atoms with van der Waals surface area (Å²) in [5.74, 6) is 3.27. The topological polar surface area (TPSA) is 71.3 Å². The number of methoxy groups -OCH3 is 3. The lowest BCUT2D eigenvalue weighted by atomic mass is 10.2. The molecule has 0 aliphatic rings. The van der Waals surface area contributed by atoms with Crippen LogP contribution in [0, 0.1) is 0 Å². The van der Waals surface area contributed by atoms with Crippen LogP contribution in [0.25, 0.3) is 39.2 Å². The number of nitrogens with zero attached hydrogens (tertiary/aromatic N) is 4. The van der Waals surface area contributed by atoms with Gasteiger partial charge in [0.2, 0.25) is 0 Å². The average Bonchev–Trinajstić information content (AvgIpc) is 3.63. The summed E-state index contributed by atoms with van der Waals surface area (Å²) in [5, 5.41) is 11.9. The smallest absolute Gasteiger partial charge is 0.183 e. The molecule has 0 bridgehead atoms. The van der Waals surface area contributed by atoms with Crippen molar-refractivity contribution in [3.05, 3.63) is 64.7 Å². The van der Waals surface area contributed by atoms with E-state index in [4.69, 9.17) is 29.3 Å². The van der Waals surface area contributed by atoms with Crippen LogP contribution in [0.3, 0.4) is 0 Å². The van der Waals surface area contributed by atoms with Gasteiger partial charge in [-0.2, -0.15) is 11.3 Å². The Hall–Kier alpha value is -3.69. The predicted molar refractivity (Wildman–Crippen MR) is 131 cm³/mol. The maximum atomic E-state index is 5.50. The minimum atomic E-state index is 0.590. The Morgan fingerprint density at radius 3 is 2.30 bits per heavy atom. The summed E-state index contributed by atoms with van der Waals surface area (Å²) < 4.78 is 18.0. The second-order valence-electron chi connectivity index (χ2n) is 6.99. The van der Waals surface area contributed by atoms with Crippen LogP contribution in [-0.2, 0) is 0 Å². The lowest BCUT2D eigenvalue weighted by Crippen LogP contribution is -2.01. The quantitative estimate of drug-likeness (QED) is 0.295. The molecule has 2 aromatic carbocycles. The molecule has 3 aromatic heterocycles. The Morgan fingerprint density at radius 2 is 1.61 bits per heavy atom. The highest BCUT2D eigenvalue weighted by Crippen LogP contribution is 2.34. The monoisotopic (exact) mass is 476 g/mol. The van der Waals surface area contributed by atoms with Crippen LogP contribution < -0.4 is 14.2 Å². The number of ether oxygens (including phenoxy) is 3. The number of hydrogen-bond donors (Lipinski definition) is 0. The lowest BCUT2D eigenvalue weighted by molar-refractivity contribution is 0.355. The van der Waals surface area contributed by atoms with Crippen LogP contribution in [0.15, 0.2) is 64.7 Å². The van der Waals surface area contributed by atoms with Crippen LogP contribution in [0.1, 0.15) is 0 Å². The lowest BCUT2D eigenvalue weighted by Gasteiger charge is -2.10. The fourth-order valence-electron chi connectivity index (χ4n) is 3.37. The second-order valence-corrected chi connectivity index (χ2v) is 8.63. The average molecular weight is 477 g/mol. The van der Waals surface area contributed by atoms with E-state index in [0.717, 1.165) is 33.3 Å². The molecule has 5 aromatic rings. The molecular weight excluding hydrogens is 456 g/mol. The summed E-state index contributed by atoms with van der Waals surface area (Å²) in [6.45, 7) is 0. The molecule has 0 amide bonds. The molecular formula is C24H20N4O3S2. The minimum absolute atomic E-state index is 0.590. The van der Waals surface area contributed by atoms with E-state index in [1.165, 1.54) is 0 Å². The number of thiazole rings is 1. The first-order valence-electron chi connectivity index (χ1n) is 10.0. The van der Waals surface area contributed by atoms with Crippen LogP contribution in [-0.4, -0.2) is 41.1 Å². The zero-order valence-corrected chi connectivity index (χ0v) is 19.8. The molecule has 0 N–H and O–H groups in total. The van der Waals surface area contributed by atoms with E-state index in [2.05, 4.69) is 11.4 Å². The fourth-order valence-corrected chi connectivity index (χ4v) is 4.88. The summed E-state index contributed by atoms with van der Waals surface area (Å²) in [6, 6.07) is 15.4. The van der Waals surface area contributed by atoms with Crippen molar-refractivity contribution >= 4 is 22.7 Å². The van der Waals surface area contributed by atoms with Gasteiger partial charge >= 0.3 is 0 Å². The summed E-state index contributed by atoms with van der Waals surface area (Å²) in [5.41, 5.74) is 3.52. The second kappa shape index (κ2) is 9.05.